The zero-order chi connectivity index (χ0) is 17.4. The van der Waals surface area contributed by atoms with Crippen LogP contribution < -0.4 is 5.32 Å². The van der Waals surface area contributed by atoms with Crippen molar-refractivity contribution in [1.29, 1.82) is 0 Å². The molecule has 4 heterocycles. The predicted octanol–water partition coefficient (Wildman–Crippen LogP) is 3.56. The first-order chi connectivity index (χ1) is 12.1. The minimum atomic E-state index is 0.0149. The summed E-state index contributed by atoms with van der Waals surface area (Å²) < 4.78 is 1.23. The molecule has 0 spiro atoms. The summed E-state index contributed by atoms with van der Waals surface area (Å²) in [7, 11) is 0. The van der Waals surface area contributed by atoms with Crippen molar-refractivity contribution in [2.75, 3.05) is 13.1 Å². The van der Waals surface area contributed by atoms with E-state index in [2.05, 4.69) is 27.3 Å². The van der Waals surface area contributed by atoms with E-state index < -0.39 is 0 Å². The van der Waals surface area contributed by atoms with Crippen LogP contribution in [-0.2, 0) is 0 Å². The first-order valence-electron chi connectivity index (χ1n) is 8.42. The molecule has 2 atom stereocenters. The van der Waals surface area contributed by atoms with Gasteiger partial charge in [0.2, 0.25) is 4.47 Å². The largest absolute Gasteiger partial charge is 0.347 e. The van der Waals surface area contributed by atoms with Crippen molar-refractivity contribution in [2.24, 2.45) is 5.92 Å². The molecule has 5 nitrogen and oxygen atoms in total. The van der Waals surface area contributed by atoms with Gasteiger partial charge in [-0.05, 0) is 74.6 Å². The highest BCUT2D eigenvalue weighted by Gasteiger charge is 2.40. The van der Waals surface area contributed by atoms with Crippen molar-refractivity contribution >= 4 is 40.6 Å². The van der Waals surface area contributed by atoms with Crippen LogP contribution in [0.15, 0.2) is 33.5 Å². The highest BCUT2D eigenvalue weighted by Crippen LogP contribution is 2.33. The molecular formula is C17H19ClN4OS2. The number of benzene rings is 1. The highest BCUT2D eigenvalue weighted by molar-refractivity contribution is 8.01. The van der Waals surface area contributed by atoms with Crippen molar-refractivity contribution in [3.63, 3.8) is 0 Å². The summed E-state index contributed by atoms with van der Waals surface area (Å²) in [6, 6.07) is 8.29. The van der Waals surface area contributed by atoms with E-state index in [0.29, 0.717) is 22.0 Å². The number of piperidine rings is 3. The minimum absolute atomic E-state index is 0.0149. The second-order valence-electron chi connectivity index (χ2n) is 6.56. The van der Waals surface area contributed by atoms with Gasteiger partial charge in [-0.2, -0.15) is 0 Å². The number of halogens is 1. The Balaban J connectivity index is 1.40. The summed E-state index contributed by atoms with van der Waals surface area (Å²) in [6.07, 6.45) is 2.38. The van der Waals surface area contributed by atoms with E-state index in [1.807, 2.05) is 24.3 Å². The van der Waals surface area contributed by atoms with Crippen LogP contribution >= 0.6 is 34.7 Å². The van der Waals surface area contributed by atoms with Crippen LogP contribution in [0.5, 0.6) is 0 Å². The summed E-state index contributed by atoms with van der Waals surface area (Å²) >= 11 is 8.64. The maximum absolute atomic E-state index is 12.6. The molecule has 1 aromatic carbocycles. The standard InChI is InChI=1S/C17H19ClN4OS2/c1-10-14(11-6-8-22(10)9-7-11)19-15(23)12-2-4-13(5-3-12)24-17-21-20-16(18)25-17/h2-5,10-11,14H,6-9H2,1H3,(H,19,23)/t10-,14-/m0/s1. The van der Waals surface area contributed by atoms with Crippen LogP contribution in [0.25, 0.3) is 0 Å². The number of amides is 1. The minimum Gasteiger partial charge on any atom is -0.347 e. The molecule has 3 fully saturated rings. The lowest BCUT2D eigenvalue weighted by molar-refractivity contribution is 0.0217. The van der Waals surface area contributed by atoms with Crippen LogP contribution in [0.1, 0.15) is 30.1 Å². The van der Waals surface area contributed by atoms with Gasteiger partial charge < -0.3 is 5.32 Å². The molecule has 3 saturated heterocycles. The summed E-state index contributed by atoms with van der Waals surface area (Å²) in [4.78, 5) is 16.1. The molecule has 1 aromatic heterocycles. The van der Waals surface area contributed by atoms with Crippen molar-refractivity contribution in [1.82, 2.24) is 20.4 Å². The van der Waals surface area contributed by atoms with E-state index in [-0.39, 0.29) is 11.9 Å². The van der Waals surface area contributed by atoms with Gasteiger partial charge in [0, 0.05) is 22.5 Å². The van der Waals surface area contributed by atoms with Gasteiger partial charge in [-0.3, -0.25) is 9.69 Å². The van der Waals surface area contributed by atoms with Gasteiger partial charge in [0.05, 0.1) is 0 Å². The number of carbonyl (C=O) groups excluding carboxylic acids is 1. The van der Waals surface area contributed by atoms with E-state index >= 15 is 0 Å². The lowest BCUT2D eigenvalue weighted by Crippen LogP contribution is -2.62. The van der Waals surface area contributed by atoms with Crippen molar-refractivity contribution < 1.29 is 4.79 Å². The molecule has 3 aliphatic rings. The van der Waals surface area contributed by atoms with Crippen molar-refractivity contribution in [2.45, 2.75) is 41.1 Å². The Kier molecular flexibility index (Phi) is 4.99. The topological polar surface area (TPSA) is 58.1 Å². The molecule has 0 aliphatic carbocycles. The van der Waals surface area contributed by atoms with Gasteiger partial charge in [0.15, 0.2) is 4.34 Å². The molecule has 5 rings (SSSR count). The SMILES string of the molecule is C[C@H]1[C@H](NC(=O)c2ccc(Sc3nnc(Cl)s3)cc2)C2CCN1CC2. The third-order valence-electron chi connectivity index (χ3n) is 5.18. The fraction of sp³-hybridized carbons (Fsp3) is 0.471. The number of carbonyl (C=O) groups is 1. The Labute approximate surface area is 160 Å². The number of rotatable bonds is 4. The number of nitrogens with zero attached hydrogens (tertiary/aromatic N) is 3. The predicted molar refractivity (Wildman–Crippen MR) is 100 cm³/mol. The van der Waals surface area contributed by atoms with E-state index in [4.69, 9.17) is 11.6 Å². The Morgan fingerprint density at radius 1 is 1.28 bits per heavy atom. The number of hydrogen-bond acceptors (Lipinski definition) is 6. The normalized spacial score (nSPS) is 28.1. The number of fused-ring (bicyclic) bond motifs is 3. The Bertz CT molecular complexity index is 756. The maximum atomic E-state index is 12.6. The Hall–Kier alpha value is -1.15. The molecule has 0 radical (unpaired) electrons. The molecule has 25 heavy (non-hydrogen) atoms. The molecule has 2 bridgehead atoms. The highest BCUT2D eigenvalue weighted by atomic mass is 35.5. The first-order valence-corrected chi connectivity index (χ1v) is 10.4. The Morgan fingerprint density at radius 2 is 2.00 bits per heavy atom. The molecule has 2 aromatic rings. The number of hydrogen-bond donors (Lipinski definition) is 1. The molecular weight excluding hydrogens is 376 g/mol. The summed E-state index contributed by atoms with van der Waals surface area (Å²) in [5.41, 5.74) is 0.697. The smallest absolute Gasteiger partial charge is 0.251 e. The van der Waals surface area contributed by atoms with Gasteiger partial charge in [0.1, 0.15) is 0 Å². The third-order valence-corrected chi connectivity index (χ3v) is 7.26. The van der Waals surface area contributed by atoms with Crippen LogP contribution in [0.4, 0.5) is 0 Å². The molecule has 8 heteroatoms. The summed E-state index contributed by atoms with van der Waals surface area (Å²) in [6.45, 7) is 4.56. The van der Waals surface area contributed by atoms with Crippen LogP contribution in [-0.4, -0.2) is 46.2 Å². The van der Waals surface area contributed by atoms with Gasteiger partial charge in [-0.25, -0.2) is 0 Å². The van der Waals surface area contributed by atoms with Crippen molar-refractivity contribution in [3.05, 3.63) is 34.3 Å². The van der Waals surface area contributed by atoms with Gasteiger partial charge >= 0.3 is 0 Å². The van der Waals surface area contributed by atoms with E-state index in [1.165, 1.54) is 49.0 Å². The van der Waals surface area contributed by atoms with E-state index in [0.717, 1.165) is 9.24 Å². The lowest BCUT2D eigenvalue weighted by Gasteiger charge is -2.49. The van der Waals surface area contributed by atoms with Gasteiger partial charge in [0.25, 0.3) is 5.91 Å². The van der Waals surface area contributed by atoms with Crippen LogP contribution in [0, 0.1) is 5.92 Å². The van der Waals surface area contributed by atoms with Crippen LogP contribution in [0.2, 0.25) is 4.47 Å². The third kappa shape index (κ3) is 3.69. The fourth-order valence-corrected chi connectivity index (χ4v) is 5.74. The molecule has 3 aliphatic heterocycles. The first kappa shape index (κ1) is 17.3. The second-order valence-corrected chi connectivity index (χ2v) is 9.44. The summed E-state index contributed by atoms with van der Waals surface area (Å²) in [5, 5.41) is 11.0. The van der Waals surface area contributed by atoms with Crippen LogP contribution in [0.3, 0.4) is 0 Å². The Morgan fingerprint density at radius 3 is 2.60 bits per heavy atom. The lowest BCUT2D eigenvalue weighted by atomic mass is 9.79. The summed E-state index contributed by atoms with van der Waals surface area (Å²) in [5.74, 6) is 0.627. The van der Waals surface area contributed by atoms with Gasteiger partial charge in [-0.15, -0.1) is 10.2 Å². The average molecular weight is 395 g/mol. The number of aromatic nitrogens is 2. The molecule has 1 N–H and O–H groups in total. The molecule has 132 valence electrons. The van der Waals surface area contributed by atoms with Gasteiger partial charge in [-0.1, -0.05) is 23.1 Å². The van der Waals surface area contributed by atoms with E-state index in [9.17, 15) is 4.79 Å². The maximum Gasteiger partial charge on any atom is 0.251 e. The number of nitrogens with one attached hydrogen (secondary N) is 1. The molecule has 1 amide bonds. The quantitative estimate of drug-likeness (QED) is 0.859. The monoisotopic (exact) mass is 394 g/mol. The molecule has 0 saturated carbocycles. The second kappa shape index (κ2) is 7.23. The molecule has 0 unspecified atom stereocenters. The fourth-order valence-electron chi connectivity index (χ4n) is 3.79. The zero-order valence-corrected chi connectivity index (χ0v) is 16.2. The van der Waals surface area contributed by atoms with E-state index in [1.54, 1.807) is 0 Å². The zero-order valence-electron chi connectivity index (χ0n) is 13.8. The average Bonchev–Trinajstić information content (AvgIpc) is 3.04. The van der Waals surface area contributed by atoms with Crippen molar-refractivity contribution in [3.8, 4) is 0 Å².